The van der Waals surface area contributed by atoms with Crippen molar-refractivity contribution in [1.82, 2.24) is 0 Å². The SMILES string of the molecule is CC(=O)[O-].CC(=O)[O-].CCCCCCCCCCCCCCCCCC(=O)[O-].CCCCCCCCCCCCCCCCCC(=O)[O-].Oc1ccccc1C=NCC/N=C/c1ccccc1O.[Co+2].[Co+2]. The summed E-state index contributed by atoms with van der Waals surface area (Å²) in [5, 5.41) is 57.3. The summed E-state index contributed by atoms with van der Waals surface area (Å²) in [6.07, 6.45) is 43.0. The molecule has 0 fully saturated rings. The largest absolute Gasteiger partial charge is 2.00 e. The molecule has 0 atom stereocenters. The van der Waals surface area contributed by atoms with Crippen molar-refractivity contribution in [2.24, 2.45) is 9.98 Å². The van der Waals surface area contributed by atoms with Crippen LogP contribution in [0, 0.1) is 0 Å². The van der Waals surface area contributed by atoms with Crippen LogP contribution in [-0.2, 0) is 52.7 Å². The Bertz CT molecular complexity index is 1410. The molecular weight excluding hydrogens is 978 g/mol. The summed E-state index contributed by atoms with van der Waals surface area (Å²) in [7, 11) is 0. The van der Waals surface area contributed by atoms with Gasteiger partial charge in [0.1, 0.15) is 11.5 Å². The molecule has 0 bridgehead atoms. The Morgan fingerprint density at radius 1 is 0.400 bits per heavy atom. The van der Waals surface area contributed by atoms with E-state index in [0.717, 1.165) is 39.5 Å². The number of carbonyl (C=O) groups excluding carboxylic acids is 4. The summed E-state index contributed by atoms with van der Waals surface area (Å²) in [5.41, 5.74) is 1.38. The number of aliphatic carboxylic acids is 4. The Morgan fingerprint density at radius 2 is 0.600 bits per heavy atom. The van der Waals surface area contributed by atoms with Crippen LogP contribution in [0.4, 0.5) is 0 Å². The van der Waals surface area contributed by atoms with Crippen molar-refractivity contribution in [2.45, 2.75) is 233 Å². The molecule has 70 heavy (non-hydrogen) atoms. The van der Waals surface area contributed by atoms with Crippen molar-refractivity contribution < 1.29 is 83.4 Å². The number of benzene rings is 2. The molecule has 0 saturated heterocycles. The minimum atomic E-state index is -1.08. The number of carboxylic acids is 4. The van der Waals surface area contributed by atoms with E-state index in [0.29, 0.717) is 24.2 Å². The molecule has 0 saturated carbocycles. The van der Waals surface area contributed by atoms with E-state index >= 15 is 0 Å². The topological polar surface area (TPSA) is 226 Å². The number of aliphatic imine (C=N–C) groups is 2. The van der Waals surface area contributed by atoms with Crippen molar-refractivity contribution in [2.75, 3.05) is 13.1 Å². The zero-order valence-electron chi connectivity index (χ0n) is 43.5. The number of aromatic hydroxyl groups is 2. The van der Waals surface area contributed by atoms with Crippen LogP contribution in [0.2, 0.25) is 0 Å². The van der Waals surface area contributed by atoms with Crippen molar-refractivity contribution in [3.63, 3.8) is 0 Å². The molecule has 2 aromatic rings. The molecule has 0 aliphatic rings. The summed E-state index contributed by atoms with van der Waals surface area (Å²) in [6.45, 7) is 7.53. The molecule has 0 unspecified atom stereocenters. The zero-order chi connectivity index (χ0) is 51.1. The Labute approximate surface area is 444 Å². The molecule has 12 nitrogen and oxygen atoms in total. The molecule has 0 heterocycles. The number of rotatable bonds is 37. The molecule has 2 rings (SSSR count). The number of para-hydroxylation sites is 2. The van der Waals surface area contributed by atoms with E-state index < -0.39 is 23.9 Å². The minimum absolute atomic E-state index is 0. The average molecular weight is 1070 g/mol. The first kappa shape index (κ1) is 75.2. The van der Waals surface area contributed by atoms with E-state index in [4.69, 9.17) is 19.8 Å². The molecule has 0 aromatic heterocycles. The molecule has 2 aromatic carbocycles. The van der Waals surface area contributed by atoms with E-state index in [1.165, 1.54) is 167 Å². The van der Waals surface area contributed by atoms with Gasteiger partial charge in [-0.25, -0.2) is 0 Å². The maximum Gasteiger partial charge on any atom is 2.00 e. The first-order valence-electron chi connectivity index (χ1n) is 26.1. The molecule has 0 aliphatic carbocycles. The number of carboxylic acid groups (broad SMARTS) is 4. The van der Waals surface area contributed by atoms with Crippen LogP contribution >= 0.6 is 0 Å². The maximum absolute atomic E-state index is 10.2. The quantitative estimate of drug-likeness (QED) is 0.0481. The van der Waals surface area contributed by atoms with E-state index in [2.05, 4.69) is 23.8 Å². The van der Waals surface area contributed by atoms with Crippen LogP contribution in [0.5, 0.6) is 11.5 Å². The fourth-order valence-corrected chi connectivity index (χ4v) is 6.92. The van der Waals surface area contributed by atoms with Crippen LogP contribution in [0.3, 0.4) is 0 Å². The maximum atomic E-state index is 10.2. The number of carbonyl (C=O) groups is 4. The first-order valence-corrected chi connectivity index (χ1v) is 26.1. The molecular formula is C56H92Co2N2O10. The summed E-state index contributed by atoms with van der Waals surface area (Å²) >= 11 is 0. The third kappa shape index (κ3) is 68.5. The predicted molar refractivity (Wildman–Crippen MR) is 272 cm³/mol. The van der Waals surface area contributed by atoms with Gasteiger partial charge in [-0.15, -0.1) is 0 Å². The molecule has 0 aliphatic heterocycles. The normalized spacial score (nSPS) is 10.2. The number of nitrogens with zero attached hydrogens (tertiary/aromatic N) is 2. The number of hydrogen-bond donors (Lipinski definition) is 2. The van der Waals surface area contributed by atoms with Crippen LogP contribution < -0.4 is 20.4 Å². The number of phenolic OH excluding ortho intramolecular Hbond substituents is 2. The number of phenols is 2. The van der Waals surface area contributed by atoms with Gasteiger partial charge in [0, 0.05) is 47.4 Å². The van der Waals surface area contributed by atoms with Gasteiger partial charge >= 0.3 is 33.6 Å². The summed E-state index contributed by atoms with van der Waals surface area (Å²) in [6, 6.07) is 14.1. The van der Waals surface area contributed by atoms with E-state index in [1.807, 2.05) is 12.1 Å². The first-order chi connectivity index (χ1) is 32.8. The van der Waals surface area contributed by atoms with Crippen LogP contribution in [0.1, 0.15) is 244 Å². The zero-order valence-corrected chi connectivity index (χ0v) is 45.6. The Morgan fingerprint density at radius 3 is 0.800 bits per heavy atom. The number of unbranched alkanes of at least 4 members (excludes halogenated alkanes) is 28. The molecule has 2 radical (unpaired) electrons. The van der Waals surface area contributed by atoms with Gasteiger partial charge in [0.2, 0.25) is 0 Å². The molecule has 14 heteroatoms. The summed E-state index contributed by atoms with van der Waals surface area (Å²) in [5.74, 6) is -3.54. The van der Waals surface area contributed by atoms with Gasteiger partial charge < -0.3 is 49.8 Å². The second-order valence-corrected chi connectivity index (χ2v) is 17.3. The van der Waals surface area contributed by atoms with Gasteiger partial charge in [-0.3, -0.25) is 9.98 Å². The van der Waals surface area contributed by atoms with Gasteiger partial charge in [-0.05, 0) is 63.8 Å². The van der Waals surface area contributed by atoms with Gasteiger partial charge in [-0.2, -0.15) is 0 Å². The molecule has 404 valence electrons. The van der Waals surface area contributed by atoms with Gasteiger partial charge in [0.05, 0.1) is 13.1 Å². The van der Waals surface area contributed by atoms with Gasteiger partial charge in [-0.1, -0.05) is 218 Å². The second-order valence-electron chi connectivity index (χ2n) is 17.3. The Kier molecular flexibility index (Phi) is 66.0. The van der Waals surface area contributed by atoms with E-state index in [9.17, 15) is 30.0 Å². The van der Waals surface area contributed by atoms with Crippen molar-refractivity contribution >= 4 is 36.3 Å². The Hall–Kier alpha value is -3.73. The fourth-order valence-electron chi connectivity index (χ4n) is 6.92. The van der Waals surface area contributed by atoms with Crippen LogP contribution in [-0.4, -0.2) is 59.6 Å². The van der Waals surface area contributed by atoms with Crippen LogP contribution in [0.25, 0.3) is 0 Å². The monoisotopic (exact) mass is 1070 g/mol. The van der Waals surface area contributed by atoms with E-state index in [1.54, 1.807) is 48.8 Å². The third-order valence-corrected chi connectivity index (χ3v) is 10.7. The molecule has 0 amide bonds. The third-order valence-electron chi connectivity index (χ3n) is 10.7. The minimum Gasteiger partial charge on any atom is -0.550 e. The predicted octanol–water partition coefficient (Wildman–Crippen LogP) is 10.1. The Balaban J connectivity index is -0.000000275. The average Bonchev–Trinajstić information content (AvgIpc) is 3.28. The standard InChI is InChI=1S/2C18H36O2.C16H16N2O2.2C2H4O2.2Co/c2*1-2-3-4-5-6-7-8-9-10-11-12-13-14-15-16-17-18(19)20;19-15-7-3-1-5-13(15)11-17-9-10-18-12-14-6-2-4-8-16(14)20;2*1-2(3)4;;/h2*2-17H2,1H3,(H,19,20);1-8,11-12,19-20H,9-10H2;2*1H3,(H,3,4);;/q;;;;;2*+2/p-4/b;;17-11+,18-12?;;;;. The fraction of sp³-hybridized carbons (Fsp3) is 0.679. The molecule has 2 N–H and O–H groups in total. The van der Waals surface area contributed by atoms with Gasteiger partial charge in [0.15, 0.2) is 0 Å². The van der Waals surface area contributed by atoms with E-state index in [-0.39, 0.29) is 57.9 Å². The smallest absolute Gasteiger partial charge is 0.550 e. The number of hydrogen-bond acceptors (Lipinski definition) is 12. The van der Waals surface area contributed by atoms with Crippen molar-refractivity contribution in [3.8, 4) is 11.5 Å². The second kappa shape index (κ2) is 61.4. The molecule has 0 spiro atoms. The summed E-state index contributed by atoms with van der Waals surface area (Å²) < 4.78 is 0. The van der Waals surface area contributed by atoms with Crippen molar-refractivity contribution in [1.29, 1.82) is 0 Å². The van der Waals surface area contributed by atoms with Gasteiger partial charge in [0.25, 0.3) is 0 Å². The van der Waals surface area contributed by atoms with Crippen molar-refractivity contribution in [3.05, 3.63) is 59.7 Å². The summed E-state index contributed by atoms with van der Waals surface area (Å²) in [4.78, 5) is 46.6. The van der Waals surface area contributed by atoms with Crippen LogP contribution in [0.15, 0.2) is 58.5 Å².